The van der Waals surface area contributed by atoms with Crippen LogP contribution in [0.3, 0.4) is 0 Å². The number of nitrogens with one attached hydrogen (secondary N) is 2. The maximum Gasteiger partial charge on any atom is 0.272 e. The van der Waals surface area contributed by atoms with E-state index in [4.69, 9.17) is 0 Å². The molecule has 0 saturated carbocycles. The minimum atomic E-state index is -0.795. The van der Waals surface area contributed by atoms with Crippen LogP contribution >= 0.6 is 0 Å². The van der Waals surface area contributed by atoms with E-state index in [2.05, 4.69) is 20.5 Å². The van der Waals surface area contributed by atoms with Crippen LogP contribution in [0.25, 0.3) is 11.4 Å². The summed E-state index contributed by atoms with van der Waals surface area (Å²) in [5.74, 6) is -1.66. The van der Waals surface area contributed by atoms with Crippen molar-refractivity contribution >= 4 is 11.8 Å². The van der Waals surface area contributed by atoms with E-state index < -0.39 is 29.0 Å². The molecule has 9 heteroatoms. The van der Waals surface area contributed by atoms with Gasteiger partial charge in [0.15, 0.2) is 5.69 Å². The highest BCUT2D eigenvalue weighted by Gasteiger charge is 2.35. The Morgan fingerprint density at radius 3 is 2.50 bits per heavy atom. The third-order valence-electron chi connectivity index (χ3n) is 6.18. The average molecular weight is 476 g/mol. The smallest absolute Gasteiger partial charge is 0.272 e. The van der Waals surface area contributed by atoms with Crippen LogP contribution in [0.5, 0.6) is 0 Å². The molecule has 2 aromatic rings. The minimum absolute atomic E-state index is 0.0286. The van der Waals surface area contributed by atoms with E-state index in [1.54, 1.807) is 0 Å². The fourth-order valence-corrected chi connectivity index (χ4v) is 4.35. The van der Waals surface area contributed by atoms with E-state index in [1.807, 2.05) is 39.3 Å². The highest BCUT2D eigenvalue weighted by Crippen LogP contribution is 2.30. The molecule has 0 aliphatic carbocycles. The van der Waals surface area contributed by atoms with Gasteiger partial charge in [-0.25, -0.2) is 13.8 Å². The van der Waals surface area contributed by atoms with Crippen molar-refractivity contribution in [2.75, 3.05) is 20.6 Å². The van der Waals surface area contributed by atoms with E-state index >= 15 is 4.39 Å². The Hall–Kier alpha value is -2.81. The quantitative estimate of drug-likeness (QED) is 0.670. The molecule has 0 bridgehead atoms. The Balaban J connectivity index is 2.11. The van der Waals surface area contributed by atoms with E-state index in [0.717, 1.165) is 13.0 Å². The molecule has 0 unspecified atom stereocenters. The normalized spacial score (nSPS) is 15.4. The number of carbonyl (C=O) groups is 2. The van der Waals surface area contributed by atoms with Crippen LogP contribution in [0.2, 0.25) is 0 Å². The van der Waals surface area contributed by atoms with Crippen molar-refractivity contribution in [2.45, 2.75) is 66.1 Å². The zero-order chi connectivity index (χ0) is 25.2. The van der Waals surface area contributed by atoms with Gasteiger partial charge in [-0.2, -0.15) is 0 Å². The lowest BCUT2D eigenvalue weighted by Gasteiger charge is -2.29. The summed E-state index contributed by atoms with van der Waals surface area (Å²) in [5, 5.41) is 5.40. The number of benzene rings is 1. The van der Waals surface area contributed by atoms with Crippen LogP contribution in [-0.2, 0) is 24.3 Å². The molecule has 2 N–H and O–H groups in total. The first-order valence-corrected chi connectivity index (χ1v) is 11.8. The van der Waals surface area contributed by atoms with Crippen molar-refractivity contribution in [3.8, 4) is 11.4 Å². The summed E-state index contributed by atoms with van der Waals surface area (Å²) in [6.07, 6.45) is 1.91. The second kappa shape index (κ2) is 10.2. The maximum absolute atomic E-state index is 15.1. The molecule has 0 radical (unpaired) electrons. The predicted octanol–water partition coefficient (Wildman–Crippen LogP) is 3.51. The Labute approximate surface area is 199 Å². The monoisotopic (exact) mass is 475 g/mol. The molecule has 186 valence electrons. The van der Waals surface area contributed by atoms with Crippen LogP contribution in [0.1, 0.15) is 62.3 Å². The van der Waals surface area contributed by atoms with Crippen LogP contribution in [0.4, 0.5) is 8.78 Å². The Bertz CT molecular complexity index is 1070. The highest BCUT2D eigenvalue weighted by atomic mass is 19.1. The summed E-state index contributed by atoms with van der Waals surface area (Å²) in [6.45, 7) is 9.21. The van der Waals surface area contributed by atoms with Crippen LogP contribution in [0, 0.1) is 17.0 Å². The summed E-state index contributed by atoms with van der Waals surface area (Å²) in [5.41, 5.74) is 0.550. The van der Waals surface area contributed by atoms with Crippen molar-refractivity contribution < 1.29 is 18.4 Å². The number of aromatic nitrogens is 2. The molecule has 2 heterocycles. The van der Waals surface area contributed by atoms with Gasteiger partial charge in [-0.3, -0.25) is 9.59 Å². The van der Waals surface area contributed by atoms with Gasteiger partial charge in [-0.05, 0) is 49.5 Å². The first kappa shape index (κ1) is 25.8. The number of aryl methyl sites for hydroxylation is 1. The van der Waals surface area contributed by atoms with Gasteiger partial charge in [0.05, 0.1) is 11.3 Å². The number of rotatable bonds is 6. The standard InChI is InChI=1S/C25H35F2N5O2/c1-7-9-15-12-18(27)16(13-17(15)26)22-29-20(19-14-31(6)10-8-11-32(19)22)23(33)30-21(24(34)28-5)25(2,3)4/h12-13,21H,7-11,14H2,1-6H3,(H,28,34)(H,30,33)/t21-/m1/s1. The van der Waals surface area contributed by atoms with E-state index in [1.165, 1.54) is 19.2 Å². The summed E-state index contributed by atoms with van der Waals surface area (Å²) < 4.78 is 31.7. The fourth-order valence-electron chi connectivity index (χ4n) is 4.35. The van der Waals surface area contributed by atoms with Gasteiger partial charge in [0.2, 0.25) is 5.91 Å². The van der Waals surface area contributed by atoms with E-state index in [-0.39, 0.29) is 23.0 Å². The first-order valence-electron chi connectivity index (χ1n) is 11.8. The number of fused-ring (bicyclic) bond motifs is 1. The molecule has 1 aromatic carbocycles. The number of nitrogens with zero attached hydrogens (tertiary/aromatic N) is 3. The lowest BCUT2D eigenvalue weighted by molar-refractivity contribution is -0.124. The molecule has 0 saturated heterocycles. The number of halogens is 2. The molecule has 1 aromatic heterocycles. The fraction of sp³-hybridized carbons (Fsp3) is 0.560. The zero-order valence-corrected chi connectivity index (χ0v) is 20.9. The lowest BCUT2D eigenvalue weighted by Crippen LogP contribution is -2.53. The van der Waals surface area contributed by atoms with Crippen LogP contribution in [0.15, 0.2) is 12.1 Å². The van der Waals surface area contributed by atoms with Crippen molar-refractivity contribution in [1.29, 1.82) is 0 Å². The van der Waals surface area contributed by atoms with Gasteiger partial charge < -0.3 is 20.1 Å². The molecule has 0 spiro atoms. The number of likely N-dealkylation sites (N-methyl/N-ethyl adjacent to an activating group) is 1. The molecule has 34 heavy (non-hydrogen) atoms. The van der Waals surface area contributed by atoms with E-state index in [9.17, 15) is 14.0 Å². The molecule has 1 aliphatic heterocycles. The van der Waals surface area contributed by atoms with Gasteiger partial charge in [0.25, 0.3) is 5.91 Å². The zero-order valence-electron chi connectivity index (χ0n) is 20.9. The minimum Gasteiger partial charge on any atom is -0.357 e. The summed E-state index contributed by atoms with van der Waals surface area (Å²) in [4.78, 5) is 32.4. The number of hydrogen-bond acceptors (Lipinski definition) is 4. The van der Waals surface area contributed by atoms with Crippen molar-refractivity contribution in [2.24, 2.45) is 5.41 Å². The number of hydrogen-bond donors (Lipinski definition) is 2. The first-order chi connectivity index (χ1) is 16.0. The molecule has 1 atom stereocenters. The Kier molecular flexibility index (Phi) is 7.75. The lowest BCUT2D eigenvalue weighted by atomic mass is 9.86. The Morgan fingerprint density at radius 2 is 1.88 bits per heavy atom. The molecule has 1 aliphatic rings. The third kappa shape index (κ3) is 5.29. The molecular formula is C25H35F2N5O2. The number of carbonyl (C=O) groups excluding carboxylic acids is 2. The summed E-state index contributed by atoms with van der Waals surface area (Å²) >= 11 is 0. The van der Waals surface area contributed by atoms with Crippen molar-refractivity contribution in [3.63, 3.8) is 0 Å². The Morgan fingerprint density at radius 1 is 1.18 bits per heavy atom. The molecular weight excluding hydrogens is 440 g/mol. The summed E-state index contributed by atoms with van der Waals surface area (Å²) in [7, 11) is 3.45. The maximum atomic E-state index is 15.1. The van der Waals surface area contributed by atoms with Crippen LogP contribution in [-0.4, -0.2) is 52.9 Å². The SMILES string of the molecule is CCCc1cc(F)c(-c2nc(C(=O)N[C@H](C(=O)NC)C(C)(C)C)c3n2CCCN(C)C3)cc1F. The van der Waals surface area contributed by atoms with Gasteiger partial charge in [-0.15, -0.1) is 0 Å². The summed E-state index contributed by atoms with van der Waals surface area (Å²) in [6, 6.07) is 1.60. The van der Waals surface area contributed by atoms with Gasteiger partial charge in [-0.1, -0.05) is 34.1 Å². The predicted molar refractivity (Wildman–Crippen MR) is 127 cm³/mol. The average Bonchev–Trinajstić information content (AvgIpc) is 2.99. The van der Waals surface area contributed by atoms with E-state index in [0.29, 0.717) is 37.2 Å². The van der Waals surface area contributed by atoms with Crippen molar-refractivity contribution in [1.82, 2.24) is 25.1 Å². The van der Waals surface area contributed by atoms with Gasteiger partial charge >= 0.3 is 0 Å². The third-order valence-corrected chi connectivity index (χ3v) is 6.18. The van der Waals surface area contributed by atoms with Gasteiger partial charge in [0.1, 0.15) is 23.5 Å². The highest BCUT2D eigenvalue weighted by molar-refractivity contribution is 5.97. The van der Waals surface area contributed by atoms with Crippen LogP contribution < -0.4 is 10.6 Å². The topological polar surface area (TPSA) is 79.3 Å². The van der Waals surface area contributed by atoms with Gasteiger partial charge in [0, 0.05) is 20.1 Å². The molecule has 3 rings (SSSR count). The number of imidazole rings is 1. The molecule has 0 fully saturated rings. The largest absolute Gasteiger partial charge is 0.357 e. The second-order valence-electron chi connectivity index (χ2n) is 10.0. The molecule has 7 nitrogen and oxygen atoms in total. The van der Waals surface area contributed by atoms with Crippen molar-refractivity contribution in [3.05, 3.63) is 40.7 Å². The number of amides is 2. The molecule has 2 amide bonds. The second-order valence-corrected chi connectivity index (χ2v) is 10.0.